The first-order valence-corrected chi connectivity index (χ1v) is 11.0. The Balaban J connectivity index is 1.43. The second-order valence-electron chi connectivity index (χ2n) is 7.93. The molecule has 36 heavy (non-hydrogen) atoms. The van der Waals surface area contributed by atoms with Gasteiger partial charge in [0.05, 0.1) is 17.5 Å². The minimum Gasteiger partial charge on any atom is -0.350 e. The van der Waals surface area contributed by atoms with Crippen molar-refractivity contribution in [3.05, 3.63) is 112 Å². The van der Waals surface area contributed by atoms with Crippen LogP contribution in [0.2, 0.25) is 0 Å². The van der Waals surface area contributed by atoms with Gasteiger partial charge in [-0.05, 0) is 35.9 Å². The van der Waals surface area contributed by atoms with E-state index in [1.54, 1.807) is 24.3 Å². The van der Waals surface area contributed by atoms with E-state index in [2.05, 4.69) is 15.7 Å². The zero-order valence-electron chi connectivity index (χ0n) is 18.9. The highest BCUT2D eigenvalue weighted by Crippen LogP contribution is 2.29. The molecule has 184 valence electrons. The number of benzene rings is 3. The van der Waals surface area contributed by atoms with Crippen LogP contribution >= 0.6 is 0 Å². The molecule has 4 aromatic rings. The maximum absolute atomic E-state index is 12.9. The molecule has 0 aliphatic carbocycles. The van der Waals surface area contributed by atoms with Gasteiger partial charge in [-0.2, -0.15) is 18.3 Å². The zero-order valence-corrected chi connectivity index (χ0v) is 18.9. The summed E-state index contributed by atoms with van der Waals surface area (Å²) in [5.41, 5.74) is -0.195. The number of amides is 2. The molecule has 0 aliphatic heterocycles. The van der Waals surface area contributed by atoms with Crippen LogP contribution in [0.1, 0.15) is 32.0 Å². The number of alkyl halides is 3. The number of hydrogen-bond acceptors (Lipinski definition) is 4. The average Bonchev–Trinajstić information content (AvgIpc) is 2.88. The Morgan fingerprint density at radius 2 is 1.36 bits per heavy atom. The summed E-state index contributed by atoms with van der Waals surface area (Å²) < 4.78 is 39.3. The maximum atomic E-state index is 12.9. The summed E-state index contributed by atoms with van der Waals surface area (Å²) >= 11 is 0. The maximum Gasteiger partial charge on any atom is 0.416 e. The van der Waals surface area contributed by atoms with Gasteiger partial charge < -0.3 is 10.6 Å². The van der Waals surface area contributed by atoms with Crippen molar-refractivity contribution in [2.75, 3.05) is 13.1 Å². The van der Waals surface area contributed by atoms with Crippen molar-refractivity contribution >= 4 is 22.6 Å². The molecular weight excluding hydrogens is 473 g/mol. The van der Waals surface area contributed by atoms with Crippen LogP contribution in [0, 0.1) is 0 Å². The zero-order chi connectivity index (χ0) is 25.7. The molecule has 0 radical (unpaired) electrons. The monoisotopic (exact) mass is 494 g/mol. The lowest BCUT2D eigenvalue weighted by molar-refractivity contribution is -0.137. The highest BCUT2D eigenvalue weighted by Gasteiger charge is 2.30. The first kappa shape index (κ1) is 24.6. The van der Waals surface area contributed by atoms with Gasteiger partial charge in [0.2, 0.25) is 0 Å². The van der Waals surface area contributed by atoms with Crippen molar-refractivity contribution in [2.24, 2.45) is 0 Å². The van der Waals surface area contributed by atoms with Crippen molar-refractivity contribution in [3.8, 4) is 0 Å². The molecule has 0 saturated heterocycles. The molecule has 2 amide bonds. The van der Waals surface area contributed by atoms with Gasteiger partial charge in [-0.15, -0.1) is 0 Å². The van der Waals surface area contributed by atoms with E-state index in [-0.39, 0.29) is 36.5 Å². The largest absolute Gasteiger partial charge is 0.416 e. The van der Waals surface area contributed by atoms with Gasteiger partial charge in [0.1, 0.15) is 0 Å². The van der Waals surface area contributed by atoms with Gasteiger partial charge in [-0.25, -0.2) is 4.68 Å². The molecule has 0 fully saturated rings. The van der Waals surface area contributed by atoms with E-state index >= 15 is 0 Å². The summed E-state index contributed by atoms with van der Waals surface area (Å²) in [6, 6.07) is 19.7. The molecule has 0 bridgehead atoms. The number of fused-ring (bicyclic) bond motifs is 1. The van der Waals surface area contributed by atoms with Gasteiger partial charge in [0, 0.05) is 24.0 Å². The van der Waals surface area contributed by atoms with Crippen molar-refractivity contribution in [1.82, 2.24) is 20.4 Å². The van der Waals surface area contributed by atoms with Crippen molar-refractivity contribution < 1.29 is 22.8 Å². The molecular formula is C26H21F3N4O3. The molecule has 0 atom stereocenters. The predicted octanol–water partition coefficient (Wildman–Crippen LogP) is 3.62. The second-order valence-corrected chi connectivity index (χ2v) is 7.93. The number of carbonyl (C=O) groups is 2. The third-order valence-corrected chi connectivity index (χ3v) is 5.43. The number of carbonyl (C=O) groups excluding carboxylic acids is 2. The van der Waals surface area contributed by atoms with Crippen LogP contribution in [0.5, 0.6) is 0 Å². The molecule has 3 aromatic carbocycles. The predicted molar refractivity (Wildman–Crippen MR) is 128 cm³/mol. The normalized spacial score (nSPS) is 11.3. The summed E-state index contributed by atoms with van der Waals surface area (Å²) in [5, 5.41) is 10.3. The minimum atomic E-state index is -4.49. The van der Waals surface area contributed by atoms with Gasteiger partial charge in [-0.1, -0.05) is 48.5 Å². The Morgan fingerprint density at radius 1 is 0.778 bits per heavy atom. The minimum absolute atomic E-state index is 0.0349. The lowest BCUT2D eigenvalue weighted by atomic mass is 10.1. The van der Waals surface area contributed by atoms with Crippen LogP contribution < -0.4 is 16.2 Å². The molecule has 0 unspecified atom stereocenters. The van der Waals surface area contributed by atoms with Gasteiger partial charge in [0.25, 0.3) is 17.4 Å². The van der Waals surface area contributed by atoms with Crippen molar-refractivity contribution in [3.63, 3.8) is 0 Å². The van der Waals surface area contributed by atoms with E-state index in [4.69, 9.17) is 0 Å². The topological polar surface area (TPSA) is 93.1 Å². The number of aromatic nitrogens is 2. The van der Waals surface area contributed by atoms with Gasteiger partial charge in [0.15, 0.2) is 5.69 Å². The van der Waals surface area contributed by atoms with E-state index in [0.29, 0.717) is 10.8 Å². The second kappa shape index (κ2) is 10.4. The van der Waals surface area contributed by atoms with Gasteiger partial charge >= 0.3 is 6.18 Å². The number of rotatable bonds is 7. The highest BCUT2D eigenvalue weighted by molar-refractivity contribution is 6.04. The van der Waals surface area contributed by atoms with Crippen LogP contribution in [0.15, 0.2) is 83.7 Å². The molecule has 10 heteroatoms. The van der Waals surface area contributed by atoms with E-state index in [0.717, 1.165) is 29.8 Å². The number of halogens is 3. The molecule has 0 spiro atoms. The quantitative estimate of drug-likeness (QED) is 0.384. The molecule has 1 aromatic heterocycles. The third kappa shape index (κ3) is 5.60. The van der Waals surface area contributed by atoms with Crippen LogP contribution in [-0.4, -0.2) is 34.7 Å². The molecule has 7 nitrogen and oxygen atoms in total. The van der Waals surface area contributed by atoms with E-state index in [1.165, 1.54) is 4.68 Å². The van der Waals surface area contributed by atoms with Crippen molar-refractivity contribution in [2.45, 2.75) is 12.7 Å². The summed E-state index contributed by atoms with van der Waals surface area (Å²) in [6.45, 7) is 0.264. The average molecular weight is 494 g/mol. The Labute approximate surface area is 203 Å². The number of nitrogens with zero attached hydrogens (tertiary/aromatic N) is 2. The first-order chi connectivity index (χ1) is 17.2. The third-order valence-electron chi connectivity index (χ3n) is 5.43. The van der Waals surface area contributed by atoms with Crippen LogP contribution in [0.3, 0.4) is 0 Å². The lowest BCUT2D eigenvalue weighted by Gasteiger charge is -2.12. The Bertz CT molecular complexity index is 1450. The van der Waals surface area contributed by atoms with Gasteiger partial charge in [-0.3, -0.25) is 14.4 Å². The summed E-state index contributed by atoms with van der Waals surface area (Å²) in [7, 11) is 0. The van der Waals surface area contributed by atoms with Crippen LogP contribution in [-0.2, 0) is 12.7 Å². The Kier molecular flexibility index (Phi) is 7.14. The molecule has 0 saturated carbocycles. The van der Waals surface area contributed by atoms with Crippen molar-refractivity contribution in [1.29, 1.82) is 0 Å². The molecule has 2 N–H and O–H groups in total. The Morgan fingerprint density at radius 3 is 2.00 bits per heavy atom. The molecule has 4 rings (SSSR count). The van der Waals surface area contributed by atoms with E-state index in [9.17, 15) is 27.6 Å². The van der Waals surface area contributed by atoms with E-state index < -0.39 is 23.6 Å². The Hall–Kier alpha value is -4.47. The molecule has 1 heterocycles. The smallest absolute Gasteiger partial charge is 0.350 e. The van der Waals surface area contributed by atoms with Crippen LogP contribution in [0.25, 0.3) is 10.8 Å². The lowest BCUT2D eigenvalue weighted by Crippen LogP contribution is -2.36. The summed E-state index contributed by atoms with van der Waals surface area (Å²) in [5.74, 6) is -1.10. The number of nitrogens with one attached hydrogen (secondary N) is 2. The summed E-state index contributed by atoms with van der Waals surface area (Å²) in [4.78, 5) is 38.0. The van der Waals surface area contributed by atoms with E-state index in [1.807, 2.05) is 30.3 Å². The fraction of sp³-hybridized carbons (Fsp3) is 0.154. The SMILES string of the molecule is O=C(NCCNC(=O)c1nn(Cc2ccccc2)c(=O)c2ccccc12)c1ccc(C(F)(F)F)cc1. The fourth-order valence-corrected chi connectivity index (χ4v) is 3.61. The molecule has 0 aliphatic rings. The first-order valence-electron chi connectivity index (χ1n) is 11.0. The van der Waals surface area contributed by atoms with Crippen LogP contribution in [0.4, 0.5) is 13.2 Å². The summed E-state index contributed by atoms with van der Waals surface area (Å²) in [6.07, 6.45) is -4.49. The standard InChI is InChI=1S/C26H21F3N4O3/c27-26(28,29)19-12-10-18(11-13-19)23(34)30-14-15-31-24(35)22-20-8-4-5-9-21(20)25(36)33(32-22)16-17-6-2-1-3-7-17/h1-13H,14-16H2,(H,30,34)(H,31,35). The number of hydrogen-bond donors (Lipinski definition) is 2. The fourth-order valence-electron chi connectivity index (χ4n) is 3.61. The highest BCUT2D eigenvalue weighted by atomic mass is 19.4.